The van der Waals surface area contributed by atoms with Crippen LogP contribution in [-0.4, -0.2) is 77.2 Å². The van der Waals surface area contributed by atoms with E-state index >= 15 is 0 Å². The maximum Gasteiger partial charge on any atom is 0.311 e. The molecule has 2 amide bonds. The molecule has 0 aliphatic carbocycles. The normalized spacial score (nSPS) is 23.2. The fraction of sp³-hybridized carbons (Fsp3) is 0.590. The van der Waals surface area contributed by atoms with Gasteiger partial charge in [0.1, 0.15) is 23.6 Å². The largest absolute Gasteiger partial charge is 0.507 e. The predicted octanol–water partition coefficient (Wildman–Crippen LogP) is 4.72. The number of ether oxygens (including phenoxy) is 3. The van der Waals surface area contributed by atoms with Crippen LogP contribution in [0.5, 0.6) is 23.0 Å². The topological polar surface area (TPSA) is 153 Å². The monoisotopic (exact) mass is 928 g/mol. The summed E-state index contributed by atoms with van der Waals surface area (Å²) in [5, 5.41) is 28.5. The number of nitrogens with zero attached hydrogens (tertiary/aromatic N) is 3. The van der Waals surface area contributed by atoms with E-state index in [-0.39, 0.29) is 99.1 Å². The summed E-state index contributed by atoms with van der Waals surface area (Å²) in [6.07, 6.45) is 4.97. The van der Waals surface area contributed by atoms with E-state index < -0.39 is 18.1 Å². The van der Waals surface area contributed by atoms with Crippen LogP contribution in [0.3, 0.4) is 0 Å². The van der Waals surface area contributed by atoms with Crippen LogP contribution in [0.1, 0.15) is 110 Å². The molecule has 0 saturated carbocycles. The number of hydrogen-bond acceptors (Lipinski definition) is 10. The first-order valence-corrected chi connectivity index (χ1v) is 18.4. The second-order valence-corrected chi connectivity index (χ2v) is 14.6. The molecule has 3 N–H and O–H groups in total. The number of amides is 2. The molecule has 13 heteroatoms. The third kappa shape index (κ3) is 7.18. The average Bonchev–Trinajstić information content (AvgIpc) is 3.59. The van der Waals surface area contributed by atoms with Crippen LogP contribution in [0.4, 0.5) is 0 Å². The molecule has 1 saturated heterocycles. The number of phenols is 1. The molecular weight excluding hydrogens is 877 g/mol. The number of fused-ring (bicyclic) bond motifs is 9. The zero-order chi connectivity index (χ0) is 36.7. The molecule has 2 aromatic carbocycles. The predicted molar refractivity (Wildman–Crippen MR) is 190 cm³/mol. The van der Waals surface area contributed by atoms with Gasteiger partial charge in [-0.15, -0.1) is 0 Å². The van der Waals surface area contributed by atoms with Gasteiger partial charge in [0.25, 0.3) is 0 Å². The third-order valence-corrected chi connectivity index (χ3v) is 11.4. The molecule has 0 spiro atoms. The Kier molecular flexibility index (Phi) is 12.9. The van der Waals surface area contributed by atoms with E-state index in [2.05, 4.69) is 39.5 Å². The molecule has 4 aliphatic rings. The first-order chi connectivity index (χ1) is 24.4. The van der Waals surface area contributed by atoms with Gasteiger partial charge < -0.3 is 30.0 Å². The van der Waals surface area contributed by atoms with Crippen molar-refractivity contribution in [2.75, 3.05) is 20.4 Å². The van der Waals surface area contributed by atoms with Gasteiger partial charge in [-0.1, -0.05) is 32.8 Å². The van der Waals surface area contributed by atoms with Gasteiger partial charge in [-0.25, -0.2) is 0 Å². The third-order valence-electron chi connectivity index (χ3n) is 11.4. The molecule has 2 unspecified atom stereocenters. The van der Waals surface area contributed by atoms with Crippen LogP contribution in [0.15, 0.2) is 6.07 Å². The number of aromatic hydroxyl groups is 1. The van der Waals surface area contributed by atoms with Crippen molar-refractivity contribution in [1.82, 2.24) is 20.4 Å². The molecule has 277 valence electrons. The van der Waals surface area contributed by atoms with Gasteiger partial charge in [0.2, 0.25) is 18.6 Å². The van der Waals surface area contributed by atoms with Gasteiger partial charge in [-0.3, -0.25) is 24.2 Å². The van der Waals surface area contributed by atoms with Crippen LogP contribution in [0.2, 0.25) is 0 Å². The summed E-state index contributed by atoms with van der Waals surface area (Å²) in [5.41, 5.74) is 5.85. The van der Waals surface area contributed by atoms with Gasteiger partial charge in [0, 0.05) is 97.8 Å². The molecule has 1 fully saturated rings. The van der Waals surface area contributed by atoms with Crippen LogP contribution >= 0.6 is 0 Å². The number of aryl methyl sites for hydroxylation is 1. The van der Waals surface area contributed by atoms with E-state index in [1.807, 2.05) is 27.8 Å². The smallest absolute Gasteiger partial charge is 0.311 e. The number of phenolic OH excluding ortho intramolecular Hbond substituents is 1. The molecule has 52 heavy (non-hydrogen) atoms. The molecule has 2 bridgehead atoms. The molecule has 12 nitrogen and oxygen atoms in total. The number of benzene rings is 2. The van der Waals surface area contributed by atoms with E-state index in [1.54, 1.807) is 13.8 Å². The number of esters is 1. The average molecular weight is 929 g/mol. The maximum atomic E-state index is 13.5. The zero-order valence-corrected chi connectivity index (χ0v) is 36.2. The van der Waals surface area contributed by atoms with Crippen molar-refractivity contribution in [3.8, 4) is 29.1 Å². The summed E-state index contributed by atoms with van der Waals surface area (Å²) in [5.74, 6) is 0.828. The Bertz CT molecular complexity index is 1780. The quantitative estimate of drug-likeness (QED) is 0.164. The Labute approximate surface area is 342 Å². The zero-order valence-electron chi connectivity index (χ0n) is 31.4. The van der Waals surface area contributed by atoms with E-state index in [1.165, 1.54) is 0 Å². The Morgan fingerprint density at radius 3 is 2.46 bits per heavy atom. The molecule has 6 atom stereocenters. The Balaban J connectivity index is 0.00000523. The van der Waals surface area contributed by atoms with E-state index in [4.69, 9.17) is 14.2 Å². The number of likely N-dealkylation sites (N-methyl/N-ethyl adjacent to an activating group) is 1. The number of carbonyl (C=O) groups excluding carboxylic acids is 3. The minimum absolute atomic E-state index is 0. The van der Waals surface area contributed by atoms with Crippen LogP contribution in [0.25, 0.3) is 0 Å². The minimum atomic E-state index is -0.772. The molecule has 4 heterocycles. The number of unbranched alkanes of at least 4 members (excludes halogenated alkanes) is 2. The summed E-state index contributed by atoms with van der Waals surface area (Å²) in [6, 6.07) is 1.97. The second-order valence-electron chi connectivity index (χ2n) is 14.6. The molecule has 2 aromatic rings. The molecule has 1 radical (unpaired) electrons. The summed E-state index contributed by atoms with van der Waals surface area (Å²) in [7, 11) is 2.03. The van der Waals surface area contributed by atoms with E-state index in [0.29, 0.717) is 66.0 Å². The number of carbonyl (C=O) groups is 3. The summed E-state index contributed by atoms with van der Waals surface area (Å²) in [4.78, 5) is 43.5. The van der Waals surface area contributed by atoms with Crippen molar-refractivity contribution in [2.24, 2.45) is 0 Å². The van der Waals surface area contributed by atoms with Gasteiger partial charge in [-0.2, -0.15) is 5.26 Å². The Morgan fingerprint density at radius 1 is 1.04 bits per heavy atom. The SMILES string of the molecule is CCCCCC(=O)Oc1c(C)c(C)cc2c1[C@@H]1C3Cc4c(O)c(C)c5c(c4[C@H](CNC(=O)C(C)NC(=O)CCC)N3[C@@H](C#N)[C@H](C2)N1C)OCO5.[Ac]. The van der Waals surface area contributed by atoms with Crippen molar-refractivity contribution < 1.29 is 77.8 Å². The molecule has 0 aromatic heterocycles. The maximum absolute atomic E-state index is 13.5. The van der Waals surface area contributed by atoms with Crippen LogP contribution in [0, 0.1) is 76.2 Å². The summed E-state index contributed by atoms with van der Waals surface area (Å²) in [6.45, 7) is 11.5. The number of hydrogen-bond donors (Lipinski definition) is 3. The Hall–Kier alpha value is -2.90. The summed E-state index contributed by atoms with van der Waals surface area (Å²) >= 11 is 0. The van der Waals surface area contributed by atoms with Crippen LogP contribution in [-0.2, 0) is 27.2 Å². The molecular formula is C39H51AcN5O7. The molecule has 4 aliphatic heterocycles. The number of nitriles is 1. The van der Waals surface area contributed by atoms with Gasteiger partial charge in [0.05, 0.1) is 18.2 Å². The summed E-state index contributed by atoms with van der Waals surface area (Å²) < 4.78 is 18.2. The minimum Gasteiger partial charge on any atom is -0.507 e. The van der Waals surface area contributed by atoms with Crippen molar-refractivity contribution in [2.45, 2.75) is 129 Å². The number of rotatable bonds is 11. The van der Waals surface area contributed by atoms with Crippen LogP contribution < -0.4 is 24.8 Å². The Morgan fingerprint density at radius 2 is 1.77 bits per heavy atom. The van der Waals surface area contributed by atoms with Crippen molar-refractivity contribution >= 4 is 17.8 Å². The van der Waals surface area contributed by atoms with Crippen molar-refractivity contribution in [3.05, 3.63) is 45.0 Å². The number of nitrogens with one attached hydrogen (secondary N) is 2. The van der Waals surface area contributed by atoms with Crippen molar-refractivity contribution in [3.63, 3.8) is 0 Å². The van der Waals surface area contributed by atoms with Gasteiger partial charge in [0.15, 0.2) is 11.5 Å². The first-order valence-electron chi connectivity index (χ1n) is 18.4. The standard InChI is InChI=1S/C39H51N5O7.Ac/c1-8-10-11-13-31(46)51-36-21(4)20(3)14-24-15-26-28(17-40)44-27(34(32(24)36)43(26)7)16-25-33(38-37(49-19-50-38)22(5)35(25)47)29(44)18-41-39(48)23(6)42-30(45)12-9-2;/h14,23,26-29,34,47H,8-13,15-16,18-19H2,1-7H3,(H,41,48)(H,42,45);/t23?,26-,27?,28-,29-,34-;/m0./s1. The fourth-order valence-electron chi connectivity index (χ4n) is 8.66. The second kappa shape index (κ2) is 16.6. The fourth-order valence-corrected chi connectivity index (χ4v) is 8.66. The van der Waals surface area contributed by atoms with E-state index in [9.17, 15) is 24.8 Å². The van der Waals surface area contributed by atoms with Gasteiger partial charge >= 0.3 is 5.97 Å². The molecule has 6 rings (SSSR count). The van der Waals surface area contributed by atoms with E-state index in [0.717, 1.165) is 41.5 Å². The first kappa shape index (κ1) is 40.3. The van der Waals surface area contributed by atoms with Gasteiger partial charge in [-0.05, 0) is 77.1 Å². The number of piperazine rings is 1. The van der Waals surface area contributed by atoms with Crippen molar-refractivity contribution in [1.29, 1.82) is 5.26 Å².